The van der Waals surface area contributed by atoms with Crippen molar-refractivity contribution in [1.82, 2.24) is 15.4 Å². The quantitative estimate of drug-likeness (QED) is 0.710. The Morgan fingerprint density at radius 2 is 1.93 bits per heavy atom. The molecule has 0 fully saturated rings. The summed E-state index contributed by atoms with van der Waals surface area (Å²) in [5, 5.41) is 11.2. The molecule has 3 nitrogen and oxygen atoms in total. The molecule has 84 valence electrons. The molecule has 0 amide bonds. The van der Waals surface area contributed by atoms with Crippen LogP contribution in [0.1, 0.15) is 50.9 Å². The molecule has 2 rings (SSSR count). The molecule has 0 saturated carbocycles. The van der Waals surface area contributed by atoms with Crippen molar-refractivity contribution in [2.24, 2.45) is 11.8 Å². The van der Waals surface area contributed by atoms with E-state index in [0.717, 1.165) is 24.7 Å². The maximum atomic E-state index is 4.18. The van der Waals surface area contributed by atoms with Crippen LogP contribution < -0.4 is 0 Å². The summed E-state index contributed by atoms with van der Waals surface area (Å²) >= 11 is 0. The van der Waals surface area contributed by atoms with Gasteiger partial charge in [0.2, 0.25) is 0 Å². The molecule has 2 unspecified atom stereocenters. The van der Waals surface area contributed by atoms with Crippen LogP contribution in [0.25, 0.3) is 0 Å². The average molecular weight is 207 g/mol. The van der Waals surface area contributed by atoms with Gasteiger partial charge in [0, 0.05) is 0 Å². The second-order valence-electron chi connectivity index (χ2n) is 5.12. The highest BCUT2D eigenvalue weighted by molar-refractivity contribution is 5.09. The molecular weight excluding hydrogens is 186 g/mol. The van der Waals surface area contributed by atoms with Gasteiger partial charge in [0.05, 0.1) is 11.4 Å². The second-order valence-corrected chi connectivity index (χ2v) is 5.12. The number of rotatable bonds is 0. The van der Waals surface area contributed by atoms with Crippen molar-refractivity contribution in [3.8, 4) is 0 Å². The summed E-state index contributed by atoms with van der Waals surface area (Å²) in [5.41, 5.74) is 2.48. The molecule has 0 bridgehead atoms. The van der Waals surface area contributed by atoms with E-state index in [9.17, 15) is 0 Å². The number of hydrogen-bond acceptors (Lipinski definition) is 2. The predicted molar refractivity (Wildman–Crippen MR) is 60.6 cm³/mol. The summed E-state index contributed by atoms with van der Waals surface area (Å²) in [7, 11) is 0. The summed E-state index contributed by atoms with van der Waals surface area (Å²) in [4.78, 5) is 0. The van der Waals surface area contributed by atoms with E-state index in [-0.39, 0.29) is 0 Å². The van der Waals surface area contributed by atoms with Gasteiger partial charge in [-0.15, -0.1) is 5.10 Å². The van der Waals surface area contributed by atoms with Crippen LogP contribution in [-0.4, -0.2) is 15.4 Å². The van der Waals surface area contributed by atoms with Gasteiger partial charge in [-0.3, -0.25) is 5.10 Å². The van der Waals surface area contributed by atoms with Crippen molar-refractivity contribution in [3.63, 3.8) is 0 Å². The fourth-order valence-electron chi connectivity index (χ4n) is 2.42. The zero-order valence-electron chi connectivity index (χ0n) is 9.79. The average Bonchev–Trinajstić information content (AvgIpc) is 2.63. The summed E-state index contributed by atoms with van der Waals surface area (Å²) in [6.07, 6.45) is 7.52. The molecular formula is C12H21N3. The molecule has 1 aromatic rings. The van der Waals surface area contributed by atoms with Crippen LogP contribution in [0.4, 0.5) is 0 Å². The van der Waals surface area contributed by atoms with Crippen LogP contribution in [0.15, 0.2) is 0 Å². The minimum atomic E-state index is 0.756. The van der Waals surface area contributed by atoms with Crippen LogP contribution in [-0.2, 0) is 12.8 Å². The number of H-pyrrole nitrogens is 1. The van der Waals surface area contributed by atoms with Gasteiger partial charge in [0.25, 0.3) is 0 Å². The predicted octanol–water partition coefficient (Wildman–Crippen LogP) is 2.74. The molecule has 1 aromatic heterocycles. The Hall–Kier alpha value is -0.860. The Labute approximate surface area is 91.7 Å². The van der Waals surface area contributed by atoms with Gasteiger partial charge in [-0.05, 0) is 31.1 Å². The van der Waals surface area contributed by atoms with Crippen molar-refractivity contribution in [3.05, 3.63) is 11.4 Å². The zero-order chi connectivity index (χ0) is 10.7. The molecule has 0 spiro atoms. The molecule has 0 aromatic carbocycles. The number of aromatic amines is 1. The smallest absolute Gasteiger partial charge is 0.0856 e. The largest absolute Gasteiger partial charge is 0.262 e. The Kier molecular flexibility index (Phi) is 3.39. The lowest BCUT2D eigenvalue weighted by Crippen LogP contribution is -2.08. The molecule has 3 heteroatoms. The standard InChI is InChI=1S/C12H21N3/c1-9-4-3-5-11-12(14-15-13-11)8-10(2)7-6-9/h9-10H,3-8H2,1-2H3,(H,13,14,15). The third kappa shape index (κ3) is 2.80. The first-order valence-electron chi connectivity index (χ1n) is 6.14. The number of nitrogens with one attached hydrogen (secondary N) is 1. The zero-order valence-corrected chi connectivity index (χ0v) is 9.79. The lowest BCUT2D eigenvalue weighted by Gasteiger charge is -2.17. The molecule has 1 heterocycles. The van der Waals surface area contributed by atoms with Gasteiger partial charge in [0.15, 0.2) is 0 Å². The molecule has 15 heavy (non-hydrogen) atoms. The van der Waals surface area contributed by atoms with Gasteiger partial charge in [-0.1, -0.05) is 38.3 Å². The molecule has 1 aliphatic carbocycles. The Balaban J connectivity index is 2.08. The summed E-state index contributed by atoms with van der Waals surface area (Å²) < 4.78 is 0. The minimum Gasteiger partial charge on any atom is -0.262 e. The van der Waals surface area contributed by atoms with Gasteiger partial charge in [0.1, 0.15) is 0 Å². The first kappa shape index (κ1) is 10.7. The lowest BCUT2D eigenvalue weighted by molar-refractivity contribution is 0.394. The third-order valence-corrected chi connectivity index (χ3v) is 3.52. The van der Waals surface area contributed by atoms with Crippen molar-refractivity contribution >= 4 is 0 Å². The van der Waals surface area contributed by atoms with Crippen LogP contribution in [0.2, 0.25) is 0 Å². The van der Waals surface area contributed by atoms with E-state index < -0.39 is 0 Å². The van der Waals surface area contributed by atoms with E-state index >= 15 is 0 Å². The highest BCUT2D eigenvalue weighted by atomic mass is 15.3. The summed E-state index contributed by atoms with van der Waals surface area (Å²) in [6, 6.07) is 0. The topological polar surface area (TPSA) is 41.6 Å². The van der Waals surface area contributed by atoms with Gasteiger partial charge >= 0.3 is 0 Å². The molecule has 1 N–H and O–H groups in total. The van der Waals surface area contributed by atoms with Crippen LogP contribution in [0.5, 0.6) is 0 Å². The number of hydrogen-bond donors (Lipinski definition) is 1. The van der Waals surface area contributed by atoms with E-state index in [1.54, 1.807) is 0 Å². The summed E-state index contributed by atoms with van der Waals surface area (Å²) in [6.45, 7) is 4.71. The highest BCUT2D eigenvalue weighted by Crippen LogP contribution is 2.23. The monoisotopic (exact) mass is 207 g/mol. The Morgan fingerprint density at radius 1 is 1.13 bits per heavy atom. The van der Waals surface area contributed by atoms with Crippen molar-refractivity contribution in [1.29, 1.82) is 0 Å². The highest BCUT2D eigenvalue weighted by Gasteiger charge is 2.15. The third-order valence-electron chi connectivity index (χ3n) is 3.52. The fraction of sp³-hybridized carbons (Fsp3) is 0.833. The minimum absolute atomic E-state index is 0.756. The normalized spacial score (nSPS) is 28.4. The van der Waals surface area contributed by atoms with Crippen molar-refractivity contribution in [2.45, 2.75) is 52.4 Å². The van der Waals surface area contributed by atoms with E-state index in [1.165, 1.54) is 37.1 Å². The number of fused-ring (bicyclic) bond motifs is 1. The lowest BCUT2D eigenvalue weighted by atomic mass is 9.89. The Morgan fingerprint density at radius 3 is 2.80 bits per heavy atom. The van der Waals surface area contributed by atoms with Crippen LogP contribution in [0, 0.1) is 11.8 Å². The van der Waals surface area contributed by atoms with E-state index in [1.807, 2.05) is 0 Å². The Bertz CT molecular complexity index is 306. The first-order chi connectivity index (χ1) is 7.25. The number of aryl methyl sites for hydroxylation is 1. The van der Waals surface area contributed by atoms with Crippen LogP contribution in [0.3, 0.4) is 0 Å². The van der Waals surface area contributed by atoms with Gasteiger partial charge in [-0.25, -0.2) is 0 Å². The molecule has 2 atom stereocenters. The van der Waals surface area contributed by atoms with E-state index in [0.29, 0.717) is 0 Å². The first-order valence-corrected chi connectivity index (χ1v) is 6.14. The van der Waals surface area contributed by atoms with E-state index in [4.69, 9.17) is 0 Å². The SMILES string of the molecule is CC1CCCc2nn[nH]c2CC(C)CC1. The maximum Gasteiger partial charge on any atom is 0.0856 e. The number of aromatic nitrogens is 3. The van der Waals surface area contributed by atoms with Crippen molar-refractivity contribution in [2.75, 3.05) is 0 Å². The molecule has 0 saturated heterocycles. The van der Waals surface area contributed by atoms with E-state index in [2.05, 4.69) is 29.3 Å². The second kappa shape index (κ2) is 4.77. The molecule has 0 aliphatic heterocycles. The van der Waals surface area contributed by atoms with Gasteiger partial charge < -0.3 is 0 Å². The molecule has 1 aliphatic rings. The maximum absolute atomic E-state index is 4.18. The number of nitrogens with zero attached hydrogens (tertiary/aromatic N) is 2. The van der Waals surface area contributed by atoms with Crippen LogP contribution >= 0.6 is 0 Å². The molecule has 0 radical (unpaired) electrons. The van der Waals surface area contributed by atoms with Crippen molar-refractivity contribution < 1.29 is 0 Å². The fourth-order valence-corrected chi connectivity index (χ4v) is 2.42. The summed E-state index contributed by atoms with van der Waals surface area (Å²) in [5.74, 6) is 1.63. The van der Waals surface area contributed by atoms with Gasteiger partial charge in [-0.2, -0.15) is 0 Å².